The molecule has 2 heterocycles. The number of nitrogens with one attached hydrogen (secondary N) is 1. The minimum Gasteiger partial charge on any atom is -0.369 e. The molecule has 1 saturated heterocycles. The van der Waals surface area contributed by atoms with Crippen LogP contribution in [0.1, 0.15) is 37.0 Å². The van der Waals surface area contributed by atoms with Crippen molar-refractivity contribution in [3.63, 3.8) is 0 Å². The zero-order valence-corrected chi connectivity index (χ0v) is 23.8. The number of amides is 1. The summed E-state index contributed by atoms with van der Waals surface area (Å²) >= 11 is 0. The predicted octanol–water partition coefficient (Wildman–Crippen LogP) is 5.66. The quantitative estimate of drug-likeness (QED) is 0.307. The minimum absolute atomic E-state index is 0.0230. The summed E-state index contributed by atoms with van der Waals surface area (Å²) in [7, 11) is 0. The molecule has 232 valence electrons. The summed E-state index contributed by atoms with van der Waals surface area (Å²) < 4.78 is 79.3. The Hall–Kier alpha value is -3.48. The number of aliphatic hydroxyl groups is 1. The van der Waals surface area contributed by atoms with Gasteiger partial charge in [-0.05, 0) is 48.2 Å². The van der Waals surface area contributed by atoms with Gasteiger partial charge in [-0.2, -0.15) is 26.3 Å². The molecule has 1 aromatic heterocycles. The maximum atomic E-state index is 13.2. The molecule has 6 nitrogen and oxygen atoms in total. The molecule has 1 aliphatic rings. The number of halogens is 6. The van der Waals surface area contributed by atoms with E-state index in [4.69, 9.17) is 0 Å². The van der Waals surface area contributed by atoms with Gasteiger partial charge in [0.15, 0.2) is 0 Å². The van der Waals surface area contributed by atoms with E-state index in [1.165, 1.54) is 0 Å². The number of carbonyl (C=O) groups is 1. The van der Waals surface area contributed by atoms with E-state index in [2.05, 4.69) is 20.1 Å². The number of benzene rings is 2. The first-order valence-electron chi connectivity index (χ1n) is 13.9. The van der Waals surface area contributed by atoms with Crippen LogP contribution in [0.5, 0.6) is 0 Å². The van der Waals surface area contributed by atoms with Crippen LogP contribution in [-0.4, -0.2) is 69.9 Å². The van der Waals surface area contributed by atoms with Crippen LogP contribution < -0.4 is 5.32 Å². The van der Waals surface area contributed by atoms with Crippen molar-refractivity contribution in [1.29, 1.82) is 0 Å². The Labute approximate surface area is 246 Å². The zero-order chi connectivity index (χ0) is 31.4. The van der Waals surface area contributed by atoms with Crippen molar-refractivity contribution in [2.45, 2.75) is 63.4 Å². The van der Waals surface area contributed by atoms with Crippen LogP contribution in [0.15, 0.2) is 73.1 Å². The number of hydrogen-bond donors (Lipinski definition) is 2. The Kier molecular flexibility index (Phi) is 9.83. The highest BCUT2D eigenvalue weighted by Gasteiger charge is 2.71. The van der Waals surface area contributed by atoms with Crippen LogP contribution in [0.2, 0.25) is 0 Å². The first-order valence-corrected chi connectivity index (χ1v) is 13.9. The second-order valence-electron chi connectivity index (χ2n) is 11.1. The number of hydrogen-bond acceptors (Lipinski definition) is 5. The highest BCUT2D eigenvalue weighted by atomic mass is 19.4. The fraction of sp³-hybridized carbons (Fsp3) is 0.419. The first kappa shape index (κ1) is 32.4. The van der Waals surface area contributed by atoms with Crippen LogP contribution in [-0.2, 0) is 23.5 Å². The summed E-state index contributed by atoms with van der Waals surface area (Å²) in [5.74, 6) is -0.0301. The third kappa shape index (κ3) is 7.73. The molecule has 1 atom stereocenters. The van der Waals surface area contributed by atoms with Gasteiger partial charge >= 0.3 is 12.4 Å². The molecular formula is C31H34F6N4O2. The van der Waals surface area contributed by atoms with Crippen molar-refractivity contribution >= 4 is 5.91 Å². The smallest absolute Gasteiger partial charge is 0.369 e. The largest absolute Gasteiger partial charge is 0.430 e. The van der Waals surface area contributed by atoms with Gasteiger partial charge in [0.25, 0.3) is 5.60 Å². The third-order valence-electron chi connectivity index (χ3n) is 7.51. The highest BCUT2D eigenvalue weighted by molar-refractivity contribution is 5.76. The van der Waals surface area contributed by atoms with Crippen LogP contribution in [0, 0.1) is 0 Å². The van der Waals surface area contributed by atoms with Gasteiger partial charge in [-0.15, -0.1) is 0 Å². The lowest BCUT2D eigenvalue weighted by molar-refractivity contribution is -0.376. The maximum absolute atomic E-state index is 13.2. The van der Waals surface area contributed by atoms with Gasteiger partial charge in [-0.25, -0.2) is 0 Å². The molecule has 1 fully saturated rings. The summed E-state index contributed by atoms with van der Waals surface area (Å²) in [5.41, 5.74) is -3.20. The lowest BCUT2D eigenvalue weighted by Gasteiger charge is -2.41. The predicted molar refractivity (Wildman–Crippen MR) is 149 cm³/mol. The Morgan fingerprint density at radius 3 is 1.93 bits per heavy atom. The Bertz CT molecular complexity index is 1330. The van der Waals surface area contributed by atoms with E-state index in [0.29, 0.717) is 42.8 Å². The van der Waals surface area contributed by atoms with Crippen LogP contribution >= 0.6 is 0 Å². The van der Waals surface area contributed by atoms with E-state index >= 15 is 0 Å². The monoisotopic (exact) mass is 608 g/mol. The summed E-state index contributed by atoms with van der Waals surface area (Å²) in [6, 6.07) is 14.6. The standard InChI is InChI=1S/C31H34F6N4O2/c1-21(2)39-28(42)17-27-20-40(18-23-11-13-38-14-12-23)15-16-41(27)19-22-3-5-24(6-4-22)25-7-9-26(10-8-25)29(43,30(32,33)34)31(35,36)37/h3-14,21,27,43H,15-20H2,1-2H3,(H,39,42)/t27-/m0/s1. The normalized spacial score (nSPS) is 17.3. The van der Waals surface area contributed by atoms with E-state index in [-0.39, 0.29) is 18.0 Å². The fourth-order valence-corrected chi connectivity index (χ4v) is 5.27. The summed E-state index contributed by atoms with van der Waals surface area (Å²) in [6.07, 6.45) is -8.04. The molecule has 43 heavy (non-hydrogen) atoms. The maximum Gasteiger partial charge on any atom is 0.430 e. The van der Waals surface area contributed by atoms with E-state index in [1.807, 2.05) is 38.1 Å². The number of alkyl halides is 6. The number of carbonyl (C=O) groups excluding carboxylic acids is 1. The Balaban J connectivity index is 1.47. The molecule has 4 rings (SSSR count). The molecule has 2 aromatic carbocycles. The molecule has 0 unspecified atom stereocenters. The SMILES string of the molecule is CC(C)NC(=O)C[C@H]1CN(Cc2ccncc2)CCN1Cc1ccc(-c2ccc(C(O)(C(F)(F)F)C(F)(F)F)cc2)cc1. The van der Waals surface area contributed by atoms with Gasteiger partial charge in [-0.3, -0.25) is 19.6 Å². The van der Waals surface area contributed by atoms with Crippen molar-refractivity contribution in [1.82, 2.24) is 20.1 Å². The third-order valence-corrected chi connectivity index (χ3v) is 7.51. The molecule has 12 heteroatoms. The molecule has 2 N–H and O–H groups in total. The van der Waals surface area contributed by atoms with Crippen LogP contribution in [0.25, 0.3) is 11.1 Å². The summed E-state index contributed by atoms with van der Waals surface area (Å²) in [5, 5.41) is 12.6. The minimum atomic E-state index is -5.94. The molecule has 3 aromatic rings. The summed E-state index contributed by atoms with van der Waals surface area (Å²) in [6.45, 7) is 7.36. The van der Waals surface area contributed by atoms with Crippen molar-refractivity contribution in [2.75, 3.05) is 19.6 Å². The number of aromatic nitrogens is 1. The number of nitrogens with zero attached hydrogens (tertiary/aromatic N) is 3. The number of piperazine rings is 1. The lowest BCUT2D eigenvalue weighted by Crippen LogP contribution is -2.53. The van der Waals surface area contributed by atoms with Crippen LogP contribution in [0.3, 0.4) is 0 Å². The van der Waals surface area contributed by atoms with Gasteiger partial charge in [-0.1, -0.05) is 48.5 Å². The van der Waals surface area contributed by atoms with E-state index in [0.717, 1.165) is 42.9 Å². The Morgan fingerprint density at radius 2 is 1.40 bits per heavy atom. The first-order chi connectivity index (χ1) is 20.2. The second-order valence-corrected chi connectivity index (χ2v) is 11.1. The van der Waals surface area contributed by atoms with Crippen molar-refractivity contribution in [3.05, 3.63) is 89.7 Å². The highest BCUT2D eigenvalue weighted by Crippen LogP contribution is 2.50. The van der Waals surface area contributed by atoms with Gasteiger partial charge < -0.3 is 10.4 Å². The van der Waals surface area contributed by atoms with Gasteiger partial charge in [0.1, 0.15) is 0 Å². The van der Waals surface area contributed by atoms with Crippen LogP contribution in [0.4, 0.5) is 26.3 Å². The van der Waals surface area contributed by atoms with E-state index < -0.39 is 23.5 Å². The zero-order valence-electron chi connectivity index (χ0n) is 23.8. The average molecular weight is 609 g/mol. The molecule has 0 saturated carbocycles. The average Bonchev–Trinajstić information content (AvgIpc) is 2.93. The molecule has 1 amide bonds. The summed E-state index contributed by atoms with van der Waals surface area (Å²) in [4.78, 5) is 21.3. The molecular weight excluding hydrogens is 574 g/mol. The molecule has 1 aliphatic heterocycles. The molecule has 0 aliphatic carbocycles. The Morgan fingerprint density at radius 1 is 0.860 bits per heavy atom. The van der Waals surface area contributed by atoms with Crippen molar-refractivity contribution in [2.24, 2.45) is 0 Å². The number of pyridine rings is 1. The fourth-order valence-electron chi connectivity index (χ4n) is 5.27. The number of rotatable bonds is 9. The lowest BCUT2D eigenvalue weighted by atomic mass is 9.90. The molecule has 0 bridgehead atoms. The van der Waals surface area contributed by atoms with Gasteiger partial charge in [0.05, 0.1) is 0 Å². The molecule has 0 spiro atoms. The second kappa shape index (κ2) is 13.0. The van der Waals surface area contributed by atoms with Crippen molar-refractivity contribution < 1.29 is 36.2 Å². The van der Waals surface area contributed by atoms with Gasteiger partial charge in [0, 0.05) is 69.2 Å². The topological polar surface area (TPSA) is 68.7 Å². The van der Waals surface area contributed by atoms with Crippen molar-refractivity contribution in [3.8, 4) is 11.1 Å². The molecule has 0 radical (unpaired) electrons. The van der Waals surface area contributed by atoms with Gasteiger partial charge in [0.2, 0.25) is 5.91 Å². The van der Waals surface area contributed by atoms with E-state index in [1.54, 1.807) is 24.5 Å². The van der Waals surface area contributed by atoms with E-state index in [9.17, 15) is 36.2 Å².